The lowest BCUT2D eigenvalue weighted by atomic mass is 9.92. The molecule has 1 heterocycles. The number of hydrogen-bond acceptors (Lipinski definition) is 3. The lowest BCUT2D eigenvalue weighted by Gasteiger charge is -2.22. The van der Waals surface area contributed by atoms with E-state index < -0.39 is 23.4 Å². The highest BCUT2D eigenvalue weighted by atomic mass is 79.9. The van der Waals surface area contributed by atoms with Crippen molar-refractivity contribution < 1.29 is 14.4 Å². The molecule has 3 rings (SSSR count). The number of nitrogens with one attached hydrogen (secondary N) is 2. The predicted molar refractivity (Wildman–Crippen MR) is 96.8 cm³/mol. The molecule has 1 fully saturated rings. The van der Waals surface area contributed by atoms with Gasteiger partial charge in [-0.15, -0.1) is 0 Å². The topological polar surface area (TPSA) is 78.5 Å². The van der Waals surface area contributed by atoms with E-state index in [4.69, 9.17) is 0 Å². The minimum atomic E-state index is -1.20. The van der Waals surface area contributed by atoms with Gasteiger partial charge in [0.15, 0.2) is 0 Å². The number of benzene rings is 2. The molecule has 4 amide bonds. The molecule has 0 radical (unpaired) electrons. The molecule has 1 aliphatic rings. The number of hydrogen-bond donors (Lipinski definition) is 2. The molecule has 1 unspecified atom stereocenters. The Bertz CT molecular complexity index is 840. The van der Waals surface area contributed by atoms with Crippen molar-refractivity contribution in [1.29, 1.82) is 0 Å². The van der Waals surface area contributed by atoms with E-state index in [0.29, 0.717) is 11.3 Å². The normalized spacial score (nSPS) is 19.7. The maximum absolute atomic E-state index is 12.8. The molecule has 128 valence electrons. The highest BCUT2D eigenvalue weighted by molar-refractivity contribution is 9.10. The average Bonchev–Trinajstić information content (AvgIpc) is 2.80. The van der Waals surface area contributed by atoms with Gasteiger partial charge in [-0.3, -0.25) is 14.5 Å². The van der Waals surface area contributed by atoms with Gasteiger partial charge in [-0.25, -0.2) is 4.79 Å². The first-order valence-corrected chi connectivity index (χ1v) is 8.44. The van der Waals surface area contributed by atoms with Gasteiger partial charge in [0.2, 0.25) is 5.91 Å². The van der Waals surface area contributed by atoms with E-state index in [0.717, 1.165) is 9.37 Å². The van der Waals surface area contributed by atoms with Gasteiger partial charge >= 0.3 is 6.03 Å². The van der Waals surface area contributed by atoms with Crippen molar-refractivity contribution in [3.05, 3.63) is 64.6 Å². The largest absolute Gasteiger partial charge is 0.325 e. The molecule has 0 aliphatic carbocycles. The van der Waals surface area contributed by atoms with Gasteiger partial charge in [0, 0.05) is 10.2 Å². The van der Waals surface area contributed by atoms with Crippen LogP contribution in [0, 0.1) is 0 Å². The Morgan fingerprint density at radius 3 is 2.56 bits per heavy atom. The molecule has 25 heavy (non-hydrogen) atoms. The molecule has 0 bridgehead atoms. The molecule has 1 atom stereocenters. The number of rotatable bonds is 4. The van der Waals surface area contributed by atoms with E-state index in [9.17, 15) is 14.4 Å². The van der Waals surface area contributed by atoms with Crippen LogP contribution in [0.4, 0.5) is 10.5 Å². The number of imide groups is 1. The van der Waals surface area contributed by atoms with Crippen molar-refractivity contribution >= 4 is 39.5 Å². The van der Waals surface area contributed by atoms with Gasteiger partial charge in [-0.1, -0.05) is 46.3 Å². The van der Waals surface area contributed by atoms with Crippen LogP contribution in [0.15, 0.2) is 59.1 Å². The van der Waals surface area contributed by atoms with Crippen LogP contribution in [0.2, 0.25) is 0 Å². The summed E-state index contributed by atoms with van der Waals surface area (Å²) in [6, 6.07) is 15.4. The number of nitrogens with zero attached hydrogens (tertiary/aromatic N) is 1. The van der Waals surface area contributed by atoms with Crippen molar-refractivity contribution in [1.82, 2.24) is 10.2 Å². The summed E-state index contributed by atoms with van der Waals surface area (Å²) in [4.78, 5) is 38.1. The van der Waals surface area contributed by atoms with Gasteiger partial charge in [0.05, 0.1) is 0 Å². The Kier molecular flexibility index (Phi) is 4.59. The monoisotopic (exact) mass is 401 g/mol. The van der Waals surface area contributed by atoms with E-state index in [1.165, 1.54) is 0 Å². The molecule has 1 saturated heterocycles. The Balaban J connectivity index is 1.76. The van der Waals surface area contributed by atoms with Crippen LogP contribution in [0.3, 0.4) is 0 Å². The number of halogens is 1. The molecule has 0 spiro atoms. The zero-order chi connectivity index (χ0) is 18.0. The highest BCUT2D eigenvalue weighted by Crippen LogP contribution is 2.30. The van der Waals surface area contributed by atoms with Gasteiger partial charge in [0.1, 0.15) is 12.1 Å². The summed E-state index contributed by atoms with van der Waals surface area (Å²) in [5, 5.41) is 5.35. The summed E-state index contributed by atoms with van der Waals surface area (Å²) >= 11 is 3.36. The number of anilines is 1. The molecule has 1 aliphatic heterocycles. The highest BCUT2D eigenvalue weighted by Gasteiger charge is 2.49. The average molecular weight is 402 g/mol. The molecular weight excluding hydrogens is 386 g/mol. The number of amides is 4. The third-order valence-electron chi connectivity index (χ3n) is 4.04. The van der Waals surface area contributed by atoms with Crippen molar-refractivity contribution in [2.24, 2.45) is 0 Å². The Labute approximate surface area is 153 Å². The smallest absolute Gasteiger partial charge is 0.325 e. The van der Waals surface area contributed by atoms with E-state index >= 15 is 0 Å². The number of para-hydroxylation sites is 1. The lowest BCUT2D eigenvalue weighted by Crippen LogP contribution is -2.42. The number of carbonyl (C=O) groups is 3. The third-order valence-corrected chi connectivity index (χ3v) is 4.53. The first kappa shape index (κ1) is 17.2. The van der Waals surface area contributed by atoms with Crippen molar-refractivity contribution in [3.63, 3.8) is 0 Å². The Hall–Kier alpha value is -2.67. The summed E-state index contributed by atoms with van der Waals surface area (Å²) in [6.07, 6.45) is 0. The van der Waals surface area contributed by atoms with Gasteiger partial charge in [-0.2, -0.15) is 0 Å². The number of urea groups is 1. The second kappa shape index (κ2) is 6.68. The molecule has 6 nitrogen and oxygen atoms in total. The summed E-state index contributed by atoms with van der Waals surface area (Å²) in [6.45, 7) is 1.28. The molecule has 7 heteroatoms. The van der Waals surface area contributed by atoms with E-state index in [1.54, 1.807) is 49.4 Å². The quantitative estimate of drug-likeness (QED) is 0.773. The Morgan fingerprint density at radius 2 is 1.88 bits per heavy atom. The predicted octanol–water partition coefficient (Wildman–Crippen LogP) is 2.85. The third kappa shape index (κ3) is 3.41. The fourth-order valence-corrected chi connectivity index (χ4v) is 3.10. The summed E-state index contributed by atoms with van der Waals surface area (Å²) in [5.41, 5.74) is 0.0500. The van der Waals surface area contributed by atoms with Crippen LogP contribution in [-0.2, 0) is 15.1 Å². The lowest BCUT2D eigenvalue weighted by molar-refractivity contribution is -0.133. The summed E-state index contributed by atoms with van der Waals surface area (Å²) in [5.74, 6) is -0.896. The number of carbonyl (C=O) groups excluding carboxylic acids is 3. The molecule has 0 aromatic heterocycles. The van der Waals surface area contributed by atoms with E-state index in [1.807, 2.05) is 12.1 Å². The second-order valence-corrected chi connectivity index (χ2v) is 6.79. The van der Waals surface area contributed by atoms with E-state index in [-0.39, 0.29) is 6.54 Å². The SMILES string of the molecule is CC1(c2cccc(Br)c2)NC(=O)N(CC(=O)Nc2ccccc2)C1=O. The van der Waals surface area contributed by atoms with E-state index in [2.05, 4.69) is 26.6 Å². The van der Waals surface area contributed by atoms with Crippen LogP contribution in [0.25, 0.3) is 0 Å². The summed E-state index contributed by atoms with van der Waals surface area (Å²) < 4.78 is 0.800. The zero-order valence-corrected chi connectivity index (χ0v) is 15.0. The molecular formula is C18H16BrN3O3. The van der Waals surface area contributed by atoms with Gasteiger partial charge in [0.25, 0.3) is 5.91 Å². The standard InChI is InChI=1S/C18H16BrN3O3/c1-18(12-6-5-7-13(19)10-12)16(24)22(17(25)21-18)11-15(23)20-14-8-3-2-4-9-14/h2-10H,11H2,1H3,(H,20,23)(H,21,25). The van der Waals surface area contributed by atoms with Crippen LogP contribution >= 0.6 is 15.9 Å². The van der Waals surface area contributed by atoms with Crippen molar-refractivity contribution in [2.45, 2.75) is 12.5 Å². The van der Waals surface area contributed by atoms with Crippen molar-refractivity contribution in [3.8, 4) is 0 Å². The fraction of sp³-hybridized carbons (Fsp3) is 0.167. The van der Waals surface area contributed by atoms with Crippen LogP contribution in [-0.4, -0.2) is 29.3 Å². The summed E-state index contributed by atoms with van der Waals surface area (Å²) in [7, 11) is 0. The molecule has 2 N–H and O–H groups in total. The maximum Gasteiger partial charge on any atom is 0.325 e. The molecule has 2 aromatic carbocycles. The zero-order valence-electron chi connectivity index (χ0n) is 13.5. The minimum absolute atomic E-state index is 0.344. The molecule has 2 aromatic rings. The molecule has 0 saturated carbocycles. The maximum atomic E-state index is 12.8. The van der Waals surface area contributed by atoms with Crippen LogP contribution < -0.4 is 10.6 Å². The Morgan fingerprint density at radius 1 is 1.16 bits per heavy atom. The van der Waals surface area contributed by atoms with Gasteiger partial charge < -0.3 is 10.6 Å². The first-order valence-electron chi connectivity index (χ1n) is 7.65. The van der Waals surface area contributed by atoms with Crippen molar-refractivity contribution in [2.75, 3.05) is 11.9 Å². The van der Waals surface area contributed by atoms with Crippen LogP contribution in [0.5, 0.6) is 0 Å². The second-order valence-electron chi connectivity index (χ2n) is 5.87. The minimum Gasteiger partial charge on any atom is -0.325 e. The fourth-order valence-electron chi connectivity index (χ4n) is 2.70. The first-order chi connectivity index (χ1) is 11.9. The van der Waals surface area contributed by atoms with Gasteiger partial charge in [-0.05, 0) is 36.8 Å². The van der Waals surface area contributed by atoms with Crippen LogP contribution in [0.1, 0.15) is 12.5 Å².